The molecule has 0 saturated carbocycles. The van der Waals surface area contributed by atoms with Gasteiger partial charge in [0.15, 0.2) is 0 Å². The number of nitrogens with zero attached hydrogens (tertiary/aromatic N) is 1. The van der Waals surface area contributed by atoms with Crippen LogP contribution < -0.4 is 10.1 Å². The van der Waals surface area contributed by atoms with Crippen molar-refractivity contribution in [3.63, 3.8) is 0 Å². The molecule has 7 nitrogen and oxygen atoms in total. The van der Waals surface area contributed by atoms with E-state index >= 15 is 0 Å². The van der Waals surface area contributed by atoms with E-state index in [-0.39, 0.29) is 16.6 Å². The minimum Gasteiger partial charge on any atom is -0.489 e. The number of aryl methyl sites for hydroxylation is 1. The smallest absolute Gasteiger partial charge is 0.255 e. The fourth-order valence-corrected chi connectivity index (χ4v) is 5.44. The van der Waals surface area contributed by atoms with Crippen LogP contribution in [0.2, 0.25) is 0 Å². The lowest BCUT2D eigenvalue weighted by Crippen LogP contribution is -2.31. The lowest BCUT2D eigenvalue weighted by Gasteiger charge is -2.23. The van der Waals surface area contributed by atoms with Crippen molar-refractivity contribution in [1.82, 2.24) is 4.31 Å². The highest BCUT2D eigenvalue weighted by molar-refractivity contribution is 7.89. The maximum atomic E-state index is 13.0. The molecule has 0 aromatic heterocycles. The highest BCUT2D eigenvalue weighted by atomic mass is 32.2. The summed E-state index contributed by atoms with van der Waals surface area (Å²) in [6.07, 6.45) is 3.21. The molecule has 0 spiro atoms. The van der Waals surface area contributed by atoms with E-state index in [2.05, 4.69) is 5.32 Å². The SMILES string of the molecule is CCN(CC)S(=O)(=O)c1cc(C(=O)Nc2ccccc2OCC2CCCCO2)ccc1C. The van der Waals surface area contributed by atoms with Crippen LogP contribution in [0.25, 0.3) is 0 Å². The molecule has 1 atom stereocenters. The van der Waals surface area contributed by atoms with E-state index in [1.165, 1.54) is 10.4 Å². The monoisotopic (exact) mass is 460 g/mol. The van der Waals surface area contributed by atoms with Crippen LogP contribution in [0.15, 0.2) is 47.4 Å². The van der Waals surface area contributed by atoms with Crippen molar-refractivity contribution in [3.05, 3.63) is 53.6 Å². The first-order valence-corrected chi connectivity index (χ1v) is 12.6. The molecular formula is C24H32N2O5S. The van der Waals surface area contributed by atoms with Crippen molar-refractivity contribution < 1.29 is 22.7 Å². The molecule has 2 aromatic carbocycles. The highest BCUT2D eigenvalue weighted by Crippen LogP contribution is 2.27. The number of amides is 1. The summed E-state index contributed by atoms with van der Waals surface area (Å²) in [5.41, 5.74) is 1.40. The van der Waals surface area contributed by atoms with Gasteiger partial charge in [0.1, 0.15) is 12.4 Å². The third-order valence-electron chi connectivity index (χ3n) is 5.61. The summed E-state index contributed by atoms with van der Waals surface area (Å²) in [4.78, 5) is 13.1. The number of sulfonamides is 1. The zero-order valence-electron chi connectivity index (χ0n) is 19.0. The van der Waals surface area contributed by atoms with Crippen molar-refractivity contribution in [1.29, 1.82) is 0 Å². The molecule has 3 rings (SSSR count). The number of hydrogen-bond donors (Lipinski definition) is 1. The molecule has 1 amide bonds. The Morgan fingerprint density at radius 3 is 2.59 bits per heavy atom. The van der Waals surface area contributed by atoms with Gasteiger partial charge in [-0.15, -0.1) is 0 Å². The molecule has 1 fully saturated rings. The lowest BCUT2D eigenvalue weighted by molar-refractivity contribution is -0.0109. The van der Waals surface area contributed by atoms with Gasteiger partial charge in [-0.3, -0.25) is 4.79 Å². The van der Waals surface area contributed by atoms with Crippen LogP contribution >= 0.6 is 0 Å². The Labute approximate surface area is 190 Å². The summed E-state index contributed by atoms with van der Waals surface area (Å²) in [6.45, 7) is 7.22. The standard InChI is InChI=1S/C24H32N2O5S/c1-4-26(5-2)32(28,29)23-16-19(14-13-18(23)3)24(27)25-21-11-6-7-12-22(21)31-17-20-10-8-9-15-30-20/h6-7,11-14,16,20H,4-5,8-10,15,17H2,1-3H3,(H,25,27). The Morgan fingerprint density at radius 2 is 1.91 bits per heavy atom. The van der Waals surface area contributed by atoms with Crippen LogP contribution in [0.5, 0.6) is 5.75 Å². The van der Waals surface area contributed by atoms with Crippen molar-refractivity contribution in [2.45, 2.75) is 51.0 Å². The second kappa shape index (κ2) is 10.9. The molecule has 8 heteroatoms. The molecule has 1 aliphatic rings. The molecule has 32 heavy (non-hydrogen) atoms. The minimum atomic E-state index is -3.68. The van der Waals surface area contributed by atoms with Crippen LogP contribution in [-0.4, -0.2) is 51.0 Å². The number of carbonyl (C=O) groups excluding carboxylic acids is 1. The van der Waals surface area contributed by atoms with Crippen molar-refractivity contribution in [3.8, 4) is 5.75 Å². The Hall–Kier alpha value is -2.42. The van der Waals surface area contributed by atoms with E-state index in [0.29, 0.717) is 36.7 Å². The number of anilines is 1. The molecule has 0 aliphatic carbocycles. The Balaban J connectivity index is 1.78. The first-order chi connectivity index (χ1) is 15.4. The number of nitrogens with one attached hydrogen (secondary N) is 1. The molecule has 174 valence electrons. The third kappa shape index (κ3) is 5.68. The molecule has 1 saturated heterocycles. The minimum absolute atomic E-state index is 0.0532. The van der Waals surface area contributed by atoms with Gasteiger partial charge in [-0.25, -0.2) is 8.42 Å². The summed E-state index contributed by atoms with van der Waals surface area (Å²) in [5, 5.41) is 2.86. The van der Waals surface area contributed by atoms with E-state index in [1.807, 2.05) is 12.1 Å². The Bertz CT molecular complexity index is 1030. The summed E-state index contributed by atoms with van der Waals surface area (Å²) >= 11 is 0. The second-order valence-corrected chi connectivity index (χ2v) is 9.73. The molecule has 0 bridgehead atoms. The third-order valence-corrected chi connectivity index (χ3v) is 7.80. The predicted octanol–water partition coefficient (Wildman–Crippen LogP) is 4.23. The number of benzene rings is 2. The Kier molecular flexibility index (Phi) is 8.28. The molecular weight excluding hydrogens is 428 g/mol. The van der Waals surface area contributed by atoms with Gasteiger partial charge in [0, 0.05) is 25.3 Å². The topological polar surface area (TPSA) is 84.9 Å². The largest absolute Gasteiger partial charge is 0.489 e. The van der Waals surface area contributed by atoms with Crippen LogP contribution in [0, 0.1) is 6.92 Å². The van der Waals surface area contributed by atoms with Gasteiger partial charge in [0.2, 0.25) is 10.0 Å². The zero-order chi connectivity index (χ0) is 23.1. The number of ether oxygens (including phenoxy) is 2. The summed E-state index contributed by atoms with van der Waals surface area (Å²) in [7, 11) is -3.68. The van der Waals surface area contributed by atoms with Gasteiger partial charge in [0.05, 0.1) is 16.7 Å². The van der Waals surface area contributed by atoms with E-state index in [1.54, 1.807) is 45.0 Å². The van der Waals surface area contributed by atoms with Crippen molar-refractivity contribution >= 4 is 21.6 Å². The van der Waals surface area contributed by atoms with E-state index in [0.717, 1.165) is 25.9 Å². The molecule has 1 N–H and O–H groups in total. The maximum absolute atomic E-state index is 13.0. The van der Waals surface area contributed by atoms with Gasteiger partial charge in [-0.1, -0.05) is 32.0 Å². The van der Waals surface area contributed by atoms with Crippen molar-refractivity contribution in [2.75, 3.05) is 31.6 Å². The molecule has 2 aromatic rings. The van der Waals surface area contributed by atoms with Crippen LogP contribution in [0.1, 0.15) is 49.0 Å². The number of para-hydroxylation sites is 2. The van der Waals surface area contributed by atoms with E-state index in [9.17, 15) is 13.2 Å². The summed E-state index contributed by atoms with van der Waals surface area (Å²) in [6, 6.07) is 11.9. The molecule has 1 aliphatic heterocycles. The fourth-order valence-electron chi connectivity index (χ4n) is 3.73. The van der Waals surface area contributed by atoms with Gasteiger partial charge >= 0.3 is 0 Å². The second-order valence-electron chi connectivity index (χ2n) is 7.82. The maximum Gasteiger partial charge on any atom is 0.255 e. The number of rotatable bonds is 9. The number of carbonyl (C=O) groups is 1. The predicted molar refractivity (Wildman–Crippen MR) is 125 cm³/mol. The zero-order valence-corrected chi connectivity index (χ0v) is 19.8. The average Bonchev–Trinajstić information content (AvgIpc) is 2.80. The first-order valence-electron chi connectivity index (χ1n) is 11.1. The van der Waals surface area contributed by atoms with Crippen LogP contribution in [0.3, 0.4) is 0 Å². The Morgan fingerprint density at radius 1 is 1.16 bits per heavy atom. The van der Waals surface area contributed by atoms with Crippen LogP contribution in [-0.2, 0) is 14.8 Å². The summed E-state index contributed by atoms with van der Waals surface area (Å²) in [5.74, 6) is 0.157. The first kappa shape index (κ1) is 24.2. The average molecular weight is 461 g/mol. The van der Waals surface area contributed by atoms with Gasteiger partial charge < -0.3 is 14.8 Å². The normalized spacial score (nSPS) is 16.7. The van der Waals surface area contributed by atoms with Crippen molar-refractivity contribution in [2.24, 2.45) is 0 Å². The van der Waals surface area contributed by atoms with E-state index in [4.69, 9.17) is 9.47 Å². The van der Waals surface area contributed by atoms with E-state index < -0.39 is 15.9 Å². The quantitative estimate of drug-likeness (QED) is 0.605. The van der Waals surface area contributed by atoms with Crippen LogP contribution in [0.4, 0.5) is 5.69 Å². The van der Waals surface area contributed by atoms with Gasteiger partial charge in [0.25, 0.3) is 5.91 Å². The highest BCUT2D eigenvalue weighted by Gasteiger charge is 2.25. The number of hydrogen-bond acceptors (Lipinski definition) is 5. The van der Waals surface area contributed by atoms with Gasteiger partial charge in [-0.2, -0.15) is 4.31 Å². The lowest BCUT2D eigenvalue weighted by atomic mass is 10.1. The fraction of sp³-hybridized carbons (Fsp3) is 0.458. The molecule has 1 heterocycles. The van der Waals surface area contributed by atoms with Gasteiger partial charge in [-0.05, 0) is 56.0 Å². The molecule has 1 unspecified atom stereocenters. The summed E-state index contributed by atoms with van der Waals surface area (Å²) < 4.78 is 39.0. The molecule has 0 radical (unpaired) electrons.